The third-order valence-corrected chi connectivity index (χ3v) is 7.79. The minimum Gasteiger partial charge on any atom is -0.299 e. The maximum atomic E-state index is 13.1. The molecule has 3 aromatic carbocycles. The number of carbonyl (C=O) groups is 2. The second-order valence-corrected chi connectivity index (χ2v) is 10.6. The number of anilines is 1. The number of nitrogens with one attached hydrogen (secondary N) is 3. The van der Waals surface area contributed by atoms with Crippen LogP contribution in [0.4, 0.5) is 17.1 Å². The number of hydrogen-bond acceptors (Lipinski definition) is 12. The molecule has 1 fully saturated rings. The van der Waals surface area contributed by atoms with Gasteiger partial charge in [0, 0.05) is 30.7 Å². The zero-order valence-electron chi connectivity index (χ0n) is 22.7. The van der Waals surface area contributed by atoms with E-state index in [0.29, 0.717) is 47.0 Å². The van der Waals surface area contributed by atoms with Crippen molar-refractivity contribution in [1.82, 2.24) is 45.8 Å². The fourth-order valence-electron chi connectivity index (χ4n) is 5.52. The van der Waals surface area contributed by atoms with Crippen molar-refractivity contribution in [2.75, 3.05) is 5.43 Å². The van der Waals surface area contributed by atoms with E-state index in [1.165, 1.54) is 45.8 Å². The highest BCUT2D eigenvalue weighted by atomic mass is 16.6. The first-order chi connectivity index (χ1) is 21.2. The molecule has 1 spiro atoms. The molecule has 222 valence electrons. The highest BCUT2D eigenvalue weighted by Gasteiger charge is 2.55. The number of hydrazine groups is 2. The lowest BCUT2D eigenvalue weighted by atomic mass is 9.86. The lowest BCUT2D eigenvalue weighted by molar-refractivity contribution is -0.384. The van der Waals surface area contributed by atoms with Crippen molar-refractivity contribution < 1.29 is 19.4 Å². The van der Waals surface area contributed by atoms with E-state index in [1.807, 2.05) is 18.2 Å². The van der Waals surface area contributed by atoms with E-state index in [2.05, 4.69) is 36.9 Å². The van der Waals surface area contributed by atoms with Crippen LogP contribution >= 0.6 is 0 Å². The smallest absolute Gasteiger partial charge is 0.271 e. The minimum atomic E-state index is -0.522. The molecule has 2 aromatic heterocycles. The molecule has 18 heteroatoms. The largest absolute Gasteiger partial charge is 0.299 e. The van der Waals surface area contributed by atoms with Gasteiger partial charge in [0.05, 0.1) is 26.6 Å². The second-order valence-electron chi connectivity index (χ2n) is 10.6. The van der Waals surface area contributed by atoms with Crippen molar-refractivity contribution in [3.8, 4) is 0 Å². The number of nitrogens with zero attached hydrogens (tertiary/aromatic N) is 9. The van der Waals surface area contributed by atoms with Gasteiger partial charge in [0.15, 0.2) is 0 Å². The van der Waals surface area contributed by atoms with Crippen LogP contribution in [0.3, 0.4) is 0 Å². The summed E-state index contributed by atoms with van der Waals surface area (Å²) in [4.78, 5) is 46.6. The van der Waals surface area contributed by atoms with Crippen LogP contribution in [-0.4, -0.2) is 62.3 Å². The van der Waals surface area contributed by atoms with Crippen LogP contribution in [0, 0.1) is 20.2 Å². The molecular weight excluding hydrogens is 576 g/mol. The van der Waals surface area contributed by atoms with Gasteiger partial charge in [-0.05, 0) is 48.2 Å². The number of aromatic nitrogens is 6. The van der Waals surface area contributed by atoms with Crippen LogP contribution in [-0.2, 0) is 35.5 Å². The van der Waals surface area contributed by atoms with Gasteiger partial charge in [0.1, 0.15) is 29.8 Å². The lowest BCUT2D eigenvalue weighted by Crippen LogP contribution is -2.33. The summed E-state index contributed by atoms with van der Waals surface area (Å²) in [7, 11) is 0. The van der Waals surface area contributed by atoms with Crippen LogP contribution in [0.15, 0.2) is 54.6 Å². The number of hydrogen-bond donors (Lipinski definition) is 3. The Morgan fingerprint density at radius 3 is 2.14 bits per heavy atom. The molecule has 0 radical (unpaired) electrons. The van der Waals surface area contributed by atoms with E-state index in [-0.39, 0.29) is 36.3 Å². The number of aryl methyl sites for hydroxylation is 1. The van der Waals surface area contributed by atoms with Gasteiger partial charge in [-0.3, -0.25) is 45.7 Å². The highest BCUT2D eigenvalue weighted by molar-refractivity contribution is 5.83. The lowest BCUT2D eigenvalue weighted by Gasteiger charge is -2.24. The molecule has 44 heavy (non-hydrogen) atoms. The maximum Gasteiger partial charge on any atom is 0.271 e. The first-order valence-electron chi connectivity index (χ1n) is 13.4. The Morgan fingerprint density at radius 2 is 1.50 bits per heavy atom. The molecule has 3 N–H and O–H groups in total. The van der Waals surface area contributed by atoms with Gasteiger partial charge in [0.2, 0.25) is 0 Å². The number of fused-ring (bicyclic) bond motifs is 3. The Kier molecular flexibility index (Phi) is 6.13. The van der Waals surface area contributed by atoms with Crippen LogP contribution in [0.25, 0.3) is 22.1 Å². The van der Waals surface area contributed by atoms with E-state index in [1.54, 1.807) is 5.01 Å². The molecule has 0 saturated carbocycles. The minimum absolute atomic E-state index is 0.0667. The molecule has 18 nitrogen and oxygen atoms in total. The average Bonchev–Trinajstić information content (AvgIpc) is 3.34. The summed E-state index contributed by atoms with van der Waals surface area (Å²) in [6.45, 7) is -0.211. The summed E-state index contributed by atoms with van der Waals surface area (Å²) in [5.41, 5.74) is 12.6. The molecular formula is C26H22N12O6. The summed E-state index contributed by atoms with van der Waals surface area (Å²) in [5, 5.41) is 39.4. The summed E-state index contributed by atoms with van der Waals surface area (Å²) in [5.74, 6) is -0.584. The molecule has 1 aliphatic heterocycles. The van der Waals surface area contributed by atoms with E-state index in [9.17, 15) is 29.8 Å². The normalized spacial score (nSPS) is 17.0. The predicted molar refractivity (Wildman–Crippen MR) is 151 cm³/mol. The van der Waals surface area contributed by atoms with Crippen molar-refractivity contribution in [3.63, 3.8) is 0 Å². The Labute approximate surface area is 245 Å². The number of rotatable bonds is 8. The zero-order chi connectivity index (χ0) is 30.6. The Hall–Kier alpha value is -6.04. The molecule has 1 saturated heterocycles. The van der Waals surface area contributed by atoms with Gasteiger partial charge in [0.25, 0.3) is 23.2 Å². The van der Waals surface area contributed by atoms with Crippen LogP contribution < -0.4 is 16.3 Å². The SMILES string of the molecule is O=C(Cn1nnc2cc([N+](=O)[O-])ccc21)NNc1ccc2c(c1)CCC1(C2)NN1C(=O)Cn1nnc2cc([N+](=O)[O-])ccc21. The van der Waals surface area contributed by atoms with Crippen molar-refractivity contribution in [2.45, 2.75) is 38.0 Å². The highest BCUT2D eigenvalue weighted by Crippen LogP contribution is 2.40. The molecule has 1 unspecified atom stereocenters. The summed E-state index contributed by atoms with van der Waals surface area (Å²) >= 11 is 0. The van der Waals surface area contributed by atoms with E-state index >= 15 is 0 Å². The van der Waals surface area contributed by atoms with Gasteiger partial charge in [-0.2, -0.15) is 0 Å². The van der Waals surface area contributed by atoms with Crippen molar-refractivity contribution in [3.05, 3.63) is 86.0 Å². The molecule has 1 atom stereocenters. The number of benzene rings is 3. The predicted octanol–water partition coefficient (Wildman–Crippen LogP) is 1.37. The fourth-order valence-corrected chi connectivity index (χ4v) is 5.52. The second kappa shape index (κ2) is 10.1. The summed E-state index contributed by atoms with van der Waals surface area (Å²) < 4.78 is 2.78. The quantitative estimate of drug-likeness (QED) is 0.131. The molecule has 2 aliphatic rings. The van der Waals surface area contributed by atoms with E-state index in [4.69, 9.17) is 0 Å². The van der Waals surface area contributed by atoms with Gasteiger partial charge in [-0.1, -0.05) is 16.5 Å². The Morgan fingerprint density at radius 1 is 0.864 bits per heavy atom. The van der Waals surface area contributed by atoms with Crippen LogP contribution in [0.5, 0.6) is 0 Å². The van der Waals surface area contributed by atoms with Gasteiger partial charge in [-0.15, -0.1) is 10.2 Å². The standard InChI is InChI=1S/C26H22N12O6/c39-24(13-34-22-5-3-18(37(41)42)10-20(22)28-32-34)30-27-17-2-1-16-12-26(8-7-15(16)9-17)31-36(26)25(40)14-35-23-6-4-19(38(43)44)11-21(23)29-33-35/h1-6,9-11,27,31H,7-8,12-14H2,(H,30,39). The molecule has 3 heterocycles. The fraction of sp³-hybridized carbons (Fsp3) is 0.231. The topological polar surface area (TPSA) is 231 Å². The van der Waals surface area contributed by atoms with Crippen molar-refractivity contribution in [2.24, 2.45) is 0 Å². The molecule has 0 bridgehead atoms. The number of non-ortho nitro benzene ring substituents is 2. The Balaban J connectivity index is 0.949. The third kappa shape index (κ3) is 4.77. The van der Waals surface area contributed by atoms with Gasteiger partial charge in [-0.25, -0.2) is 14.8 Å². The van der Waals surface area contributed by atoms with Crippen LogP contribution in [0.2, 0.25) is 0 Å². The van der Waals surface area contributed by atoms with Crippen LogP contribution in [0.1, 0.15) is 17.5 Å². The maximum absolute atomic E-state index is 13.1. The number of nitro benzene ring substituents is 2. The summed E-state index contributed by atoms with van der Waals surface area (Å²) in [6, 6.07) is 14.1. The first kappa shape index (κ1) is 26.8. The Bertz CT molecular complexity index is 2020. The molecule has 2 amide bonds. The number of amides is 2. The van der Waals surface area contributed by atoms with E-state index < -0.39 is 15.5 Å². The van der Waals surface area contributed by atoms with Gasteiger partial charge >= 0.3 is 0 Å². The monoisotopic (exact) mass is 598 g/mol. The molecule has 1 aliphatic carbocycles. The first-order valence-corrected chi connectivity index (χ1v) is 13.4. The third-order valence-electron chi connectivity index (χ3n) is 7.79. The molecule has 7 rings (SSSR count). The zero-order valence-corrected chi connectivity index (χ0v) is 22.7. The number of carbonyl (C=O) groups excluding carboxylic acids is 2. The van der Waals surface area contributed by atoms with Crippen molar-refractivity contribution in [1.29, 1.82) is 0 Å². The molecule has 5 aromatic rings. The average molecular weight is 599 g/mol. The van der Waals surface area contributed by atoms with Gasteiger partial charge < -0.3 is 0 Å². The summed E-state index contributed by atoms with van der Waals surface area (Å²) in [6.07, 6.45) is 1.98. The van der Waals surface area contributed by atoms with Crippen molar-refractivity contribution >= 4 is 50.9 Å². The number of nitro groups is 2. The van der Waals surface area contributed by atoms with E-state index in [0.717, 1.165) is 11.1 Å².